The molecule has 1 fully saturated rings. The van der Waals surface area contributed by atoms with E-state index in [-0.39, 0.29) is 10.6 Å². The van der Waals surface area contributed by atoms with Gasteiger partial charge in [0.05, 0.1) is 16.3 Å². The molecule has 0 atom stereocenters. The molecule has 0 spiro atoms. The first-order valence-corrected chi connectivity index (χ1v) is 12.9. The van der Waals surface area contributed by atoms with E-state index in [2.05, 4.69) is 0 Å². The lowest BCUT2D eigenvalue weighted by Gasteiger charge is -2.31. The van der Waals surface area contributed by atoms with Crippen molar-refractivity contribution < 1.29 is 16.8 Å². The van der Waals surface area contributed by atoms with Gasteiger partial charge in [0.15, 0.2) is 0 Å². The highest BCUT2D eigenvalue weighted by Crippen LogP contribution is 2.33. The minimum atomic E-state index is -3.67. The van der Waals surface area contributed by atoms with Gasteiger partial charge in [-0.3, -0.25) is 4.31 Å². The summed E-state index contributed by atoms with van der Waals surface area (Å²) in [6, 6.07) is 11.3. The van der Waals surface area contributed by atoms with E-state index in [9.17, 15) is 16.8 Å². The van der Waals surface area contributed by atoms with E-state index in [1.165, 1.54) is 14.2 Å². The molecule has 2 aromatic carbocycles. The van der Waals surface area contributed by atoms with E-state index in [1.54, 1.807) is 26.0 Å². The summed E-state index contributed by atoms with van der Waals surface area (Å²) in [6.45, 7) is 4.77. The molecule has 1 saturated heterocycles. The Kier molecular flexibility index (Phi) is 5.21. The molecule has 29 heavy (non-hydrogen) atoms. The molecule has 2 aromatic rings. The Balaban J connectivity index is 1.70. The van der Waals surface area contributed by atoms with Crippen LogP contribution in [0.5, 0.6) is 0 Å². The van der Waals surface area contributed by atoms with Crippen LogP contribution < -0.4 is 4.31 Å². The normalized spacial score (nSPS) is 19.7. The van der Waals surface area contributed by atoms with Crippen molar-refractivity contribution >= 4 is 25.7 Å². The summed E-state index contributed by atoms with van der Waals surface area (Å²) in [7, 11) is -7.01. The molecule has 0 saturated carbocycles. The topological polar surface area (TPSA) is 74.8 Å². The van der Waals surface area contributed by atoms with Crippen LogP contribution in [0, 0.1) is 13.8 Å². The van der Waals surface area contributed by atoms with E-state index in [0.717, 1.165) is 12.0 Å². The molecule has 0 amide bonds. The standard InChI is InChI=1S/C21H26N2O4S2/c1-16-14-21(17(2)13-20(16)23-10-5-6-12-28(23,24)25)29(26,27)22-11-9-18-7-3-4-8-19(18)15-22/h3-4,7-8,13-14H,5-6,9-12,15H2,1-2H3. The molecule has 0 aliphatic carbocycles. The van der Waals surface area contributed by atoms with Crippen molar-refractivity contribution in [3.05, 3.63) is 58.7 Å². The molecule has 6 nitrogen and oxygen atoms in total. The predicted molar refractivity (Wildman–Crippen MR) is 114 cm³/mol. The molecule has 0 bridgehead atoms. The van der Waals surface area contributed by atoms with E-state index in [4.69, 9.17) is 0 Å². The van der Waals surface area contributed by atoms with Crippen LogP contribution in [0.1, 0.15) is 35.1 Å². The molecule has 2 aliphatic rings. The smallest absolute Gasteiger partial charge is 0.243 e. The highest BCUT2D eigenvalue weighted by atomic mass is 32.2. The lowest BCUT2D eigenvalue weighted by Crippen LogP contribution is -2.38. The molecule has 0 radical (unpaired) electrons. The van der Waals surface area contributed by atoms with E-state index in [0.29, 0.717) is 49.3 Å². The van der Waals surface area contributed by atoms with Crippen LogP contribution in [0.2, 0.25) is 0 Å². The van der Waals surface area contributed by atoms with Gasteiger partial charge in [-0.25, -0.2) is 16.8 Å². The first-order chi connectivity index (χ1) is 13.7. The maximum absolute atomic E-state index is 13.4. The second kappa shape index (κ2) is 7.41. The zero-order chi connectivity index (χ0) is 20.8. The number of sulfonamides is 2. The molecule has 0 aromatic heterocycles. The Morgan fingerprint density at radius 2 is 1.66 bits per heavy atom. The van der Waals surface area contributed by atoms with Crippen LogP contribution in [0.4, 0.5) is 5.69 Å². The maximum atomic E-state index is 13.4. The van der Waals surface area contributed by atoms with E-state index in [1.807, 2.05) is 24.3 Å². The maximum Gasteiger partial charge on any atom is 0.243 e. The molecular weight excluding hydrogens is 408 g/mol. The Morgan fingerprint density at radius 3 is 2.38 bits per heavy atom. The second-order valence-electron chi connectivity index (χ2n) is 7.86. The van der Waals surface area contributed by atoms with Gasteiger partial charge in [0.2, 0.25) is 20.0 Å². The third kappa shape index (κ3) is 3.69. The quantitative estimate of drug-likeness (QED) is 0.744. The average Bonchev–Trinajstić information content (AvgIpc) is 2.69. The third-order valence-electron chi connectivity index (χ3n) is 5.82. The van der Waals surface area contributed by atoms with Crippen LogP contribution in [0.15, 0.2) is 41.3 Å². The van der Waals surface area contributed by atoms with Crippen molar-refractivity contribution in [2.24, 2.45) is 0 Å². The van der Waals surface area contributed by atoms with Gasteiger partial charge < -0.3 is 0 Å². The highest BCUT2D eigenvalue weighted by Gasteiger charge is 2.32. The first-order valence-electron chi connectivity index (χ1n) is 9.89. The van der Waals surface area contributed by atoms with Gasteiger partial charge in [0.25, 0.3) is 0 Å². The fraction of sp³-hybridized carbons (Fsp3) is 0.429. The minimum absolute atomic E-state index is 0.138. The summed E-state index contributed by atoms with van der Waals surface area (Å²) in [5, 5.41) is 0. The van der Waals surface area contributed by atoms with E-state index < -0.39 is 20.0 Å². The Labute approximate surface area is 173 Å². The van der Waals surface area contributed by atoms with Crippen LogP contribution in [0.25, 0.3) is 0 Å². The van der Waals surface area contributed by atoms with Crippen LogP contribution in [-0.4, -0.2) is 40.0 Å². The van der Waals surface area contributed by atoms with Gasteiger partial charge in [-0.05, 0) is 67.5 Å². The number of rotatable bonds is 3. The molecular formula is C21H26N2O4S2. The Bertz CT molecular complexity index is 1160. The fourth-order valence-electron chi connectivity index (χ4n) is 4.19. The molecule has 156 valence electrons. The highest BCUT2D eigenvalue weighted by molar-refractivity contribution is 7.92. The first kappa shape index (κ1) is 20.4. The van der Waals surface area contributed by atoms with Crippen molar-refractivity contribution in [3.63, 3.8) is 0 Å². The van der Waals surface area contributed by atoms with E-state index >= 15 is 0 Å². The molecule has 2 aliphatic heterocycles. The number of hydrogen-bond acceptors (Lipinski definition) is 4. The van der Waals surface area contributed by atoms with Crippen molar-refractivity contribution in [2.45, 2.75) is 44.6 Å². The van der Waals surface area contributed by atoms with Crippen molar-refractivity contribution in [3.8, 4) is 0 Å². The van der Waals surface area contributed by atoms with Gasteiger partial charge in [0, 0.05) is 19.6 Å². The number of aryl methyl sites for hydroxylation is 2. The molecule has 8 heteroatoms. The minimum Gasteiger partial charge on any atom is -0.270 e. The zero-order valence-corrected chi connectivity index (χ0v) is 18.4. The van der Waals surface area contributed by atoms with Gasteiger partial charge in [-0.2, -0.15) is 4.31 Å². The number of anilines is 1. The van der Waals surface area contributed by atoms with Gasteiger partial charge in [0.1, 0.15) is 0 Å². The number of fused-ring (bicyclic) bond motifs is 1. The molecule has 2 heterocycles. The van der Waals surface area contributed by atoms with Gasteiger partial charge >= 0.3 is 0 Å². The predicted octanol–water partition coefficient (Wildman–Crippen LogP) is 2.98. The third-order valence-corrected chi connectivity index (χ3v) is 9.67. The second-order valence-corrected chi connectivity index (χ2v) is 11.8. The Hall–Kier alpha value is -1.90. The van der Waals surface area contributed by atoms with Crippen molar-refractivity contribution in [1.82, 2.24) is 4.31 Å². The van der Waals surface area contributed by atoms with Crippen LogP contribution >= 0.6 is 0 Å². The summed E-state index contributed by atoms with van der Waals surface area (Å²) >= 11 is 0. The zero-order valence-electron chi connectivity index (χ0n) is 16.8. The Morgan fingerprint density at radius 1 is 0.931 bits per heavy atom. The molecule has 4 rings (SSSR count). The molecule has 0 N–H and O–H groups in total. The van der Waals surface area contributed by atoms with Crippen LogP contribution in [0.3, 0.4) is 0 Å². The monoisotopic (exact) mass is 434 g/mol. The van der Waals surface area contributed by atoms with Crippen LogP contribution in [-0.2, 0) is 33.0 Å². The summed E-state index contributed by atoms with van der Waals surface area (Å²) in [6.07, 6.45) is 2.17. The van der Waals surface area contributed by atoms with Gasteiger partial charge in [-0.1, -0.05) is 24.3 Å². The fourth-order valence-corrected chi connectivity index (χ4v) is 7.60. The summed E-state index contributed by atoms with van der Waals surface area (Å²) < 4.78 is 54.7. The molecule has 0 unspecified atom stereocenters. The number of benzene rings is 2. The lowest BCUT2D eigenvalue weighted by molar-refractivity contribution is 0.391. The number of nitrogens with zero attached hydrogens (tertiary/aromatic N) is 2. The SMILES string of the molecule is Cc1cc(S(=O)(=O)N2CCc3ccccc3C2)c(C)cc1N1CCCCS1(=O)=O. The number of hydrogen-bond donors (Lipinski definition) is 0. The van der Waals surface area contributed by atoms with Crippen molar-refractivity contribution in [2.75, 3.05) is 23.1 Å². The largest absolute Gasteiger partial charge is 0.270 e. The van der Waals surface area contributed by atoms with Crippen molar-refractivity contribution in [1.29, 1.82) is 0 Å². The average molecular weight is 435 g/mol. The summed E-state index contributed by atoms with van der Waals surface area (Å²) in [5.74, 6) is 0.138. The lowest BCUT2D eigenvalue weighted by atomic mass is 10.0. The summed E-state index contributed by atoms with van der Waals surface area (Å²) in [4.78, 5) is 0.257. The summed E-state index contributed by atoms with van der Waals surface area (Å²) in [5.41, 5.74) is 4.05. The van der Waals surface area contributed by atoms with Gasteiger partial charge in [-0.15, -0.1) is 0 Å².